The van der Waals surface area contributed by atoms with Gasteiger partial charge in [0.2, 0.25) is 0 Å². The fourth-order valence-electron chi connectivity index (χ4n) is 1.70. The van der Waals surface area contributed by atoms with Crippen LogP contribution < -0.4 is 5.73 Å². The zero-order valence-corrected chi connectivity index (χ0v) is 9.75. The summed E-state index contributed by atoms with van der Waals surface area (Å²) in [5.41, 5.74) is 7.52. The molecule has 0 spiro atoms. The molecule has 18 heavy (non-hydrogen) atoms. The van der Waals surface area contributed by atoms with Crippen LogP contribution in [0.25, 0.3) is 11.1 Å². The lowest BCUT2D eigenvalue weighted by Gasteiger charge is -2.08. The lowest BCUT2D eigenvalue weighted by atomic mass is 10.0. The van der Waals surface area contributed by atoms with Crippen LogP contribution in [0.4, 0.5) is 13.2 Å². The van der Waals surface area contributed by atoms with Crippen molar-refractivity contribution in [1.29, 1.82) is 0 Å². The summed E-state index contributed by atoms with van der Waals surface area (Å²) in [4.78, 5) is 0. The van der Waals surface area contributed by atoms with Gasteiger partial charge >= 0.3 is 0 Å². The summed E-state index contributed by atoms with van der Waals surface area (Å²) in [6.45, 7) is 1.84. The molecular weight excluding hydrogens is 239 g/mol. The molecule has 0 aliphatic rings. The van der Waals surface area contributed by atoms with Crippen LogP contribution in [0.15, 0.2) is 36.4 Å². The van der Waals surface area contributed by atoms with Crippen LogP contribution in [0, 0.1) is 17.5 Å². The molecule has 2 N–H and O–H groups in total. The van der Waals surface area contributed by atoms with Crippen LogP contribution in [0.3, 0.4) is 0 Å². The van der Waals surface area contributed by atoms with Gasteiger partial charge in [0.15, 0.2) is 17.5 Å². The summed E-state index contributed by atoms with van der Waals surface area (Å²) in [7, 11) is 0. The predicted octanol–water partition coefficient (Wildman–Crippen LogP) is 3.79. The van der Waals surface area contributed by atoms with E-state index in [9.17, 15) is 13.2 Å². The lowest BCUT2D eigenvalue weighted by molar-refractivity contribution is 0.448. The van der Waals surface area contributed by atoms with Crippen molar-refractivity contribution in [3.05, 3.63) is 59.4 Å². The minimum absolute atomic E-state index is 0.110. The third-order valence-corrected chi connectivity index (χ3v) is 2.75. The van der Waals surface area contributed by atoms with E-state index in [1.807, 2.05) is 6.92 Å². The van der Waals surface area contributed by atoms with Crippen LogP contribution in [-0.4, -0.2) is 0 Å². The van der Waals surface area contributed by atoms with Crippen molar-refractivity contribution in [1.82, 2.24) is 0 Å². The van der Waals surface area contributed by atoms with Gasteiger partial charge in [-0.2, -0.15) is 0 Å². The molecule has 1 atom stereocenters. The Morgan fingerprint density at radius 1 is 0.889 bits per heavy atom. The van der Waals surface area contributed by atoms with Gasteiger partial charge in [-0.15, -0.1) is 0 Å². The van der Waals surface area contributed by atoms with Gasteiger partial charge in [-0.25, -0.2) is 13.2 Å². The summed E-state index contributed by atoms with van der Waals surface area (Å²) >= 11 is 0. The number of benzene rings is 2. The maximum absolute atomic E-state index is 13.1. The molecule has 0 aliphatic heterocycles. The average Bonchev–Trinajstić information content (AvgIpc) is 2.35. The second-order valence-corrected chi connectivity index (χ2v) is 4.16. The van der Waals surface area contributed by atoms with Crippen LogP contribution in [0.1, 0.15) is 18.5 Å². The van der Waals surface area contributed by atoms with Gasteiger partial charge < -0.3 is 5.73 Å². The van der Waals surface area contributed by atoms with Gasteiger partial charge in [-0.05, 0) is 35.7 Å². The number of halogens is 3. The molecule has 0 saturated carbocycles. The Kier molecular flexibility index (Phi) is 3.39. The first-order valence-corrected chi connectivity index (χ1v) is 5.49. The van der Waals surface area contributed by atoms with E-state index in [1.54, 1.807) is 24.3 Å². The number of hydrogen-bond acceptors (Lipinski definition) is 1. The van der Waals surface area contributed by atoms with E-state index in [2.05, 4.69) is 0 Å². The molecule has 94 valence electrons. The molecule has 0 aromatic heterocycles. The van der Waals surface area contributed by atoms with Gasteiger partial charge in [0.1, 0.15) is 0 Å². The molecule has 0 bridgehead atoms. The van der Waals surface area contributed by atoms with Crippen molar-refractivity contribution in [3.8, 4) is 11.1 Å². The monoisotopic (exact) mass is 251 g/mol. The van der Waals surface area contributed by atoms with Gasteiger partial charge in [-0.3, -0.25) is 0 Å². The fourth-order valence-corrected chi connectivity index (χ4v) is 1.70. The van der Waals surface area contributed by atoms with Gasteiger partial charge in [-0.1, -0.05) is 24.3 Å². The quantitative estimate of drug-likeness (QED) is 0.807. The van der Waals surface area contributed by atoms with E-state index in [0.29, 0.717) is 11.1 Å². The maximum atomic E-state index is 13.1. The molecule has 0 fully saturated rings. The molecule has 0 saturated heterocycles. The highest BCUT2D eigenvalue weighted by Gasteiger charge is 2.11. The predicted molar refractivity (Wildman–Crippen MR) is 64.4 cm³/mol. The van der Waals surface area contributed by atoms with Crippen molar-refractivity contribution in [3.63, 3.8) is 0 Å². The lowest BCUT2D eigenvalue weighted by Crippen LogP contribution is -2.04. The first-order valence-electron chi connectivity index (χ1n) is 5.49. The standard InChI is InChI=1S/C14H12F3N/c1-8(18)9-2-4-10(5-3-9)11-6-12(15)14(17)13(16)7-11/h2-8H,18H2,1H3. The van der Waals surface area contributed by atoms with E-state index in [1.165, 1.54) is 0 Å². The fraction of sp³-hybridized carbons (Fsp3) is 0.143. The third-order valence-electron chi connectivity index (χ3n) is 2.75. The zero-order chi connectivity index (χ0) is 13.3. The van der Waals surface area contributed by atoms with E-state index in [0.717, 1.165) is 17.7 Å². The number of nitrogens with two attached hydrogens (primary N) is 1. The second-order valence-electron chi connectivity index (χ2n) is 4.16. The molecule has 2 aromatic rings. The topological polar surface area (TPSA) is 26.0 Å². The molecule has 0 aliphatic carbocycles. The van der Waals surface area contributed by atoms with E-state index in [4.69, 9.17) is 5.73 Å². The minimum Gasteiger partial charge on any atom is -0.324 e. The van der Waals surface area contributed by atoms with Gasteiger partial charge in [0.25, 0.3) is 0 Å². The first-order chi connectivity index (χ1) is 8.49. The van der Waals surface area contributed by atoms with E-state index >= 15 is 0 Å². The minimum atomic E-state index is -1.45. The van der Waals surface area contributed by atoms with Crippen molar-refractivity contribution in [2.75, 3.05) is 0 Å². The van der Waals surface area contributed by atoms with E-state index in [-0.39, 0.29) is 6.04 Å². The SMILES string of the molecule is CC(N)c1ccc(-c2cc(F)c(F)c(F)c2)cc1. The van der Waals surface area contributed by atoms with Gasteiger partial charge in [0, 0.05) is 6.04 Å². The Hall–Kier alpha value is -1.81. The molecule has 0 heterocycles. The summed E-state index contributed by atoms with van der Waals surface area (Å²) in [5, 5.41) is 0. The molecule has 0 radical (unpaired) electrons. The Labute approximate surface area is 103 Å². The molecule has 1 unspecified atom stereocenters. The zero-order valence-electron chi connectivity index (χ0n) is 9.75. The molecule has 4 heteroatoms. The largest absolute Gasteiger partial charge is 0.324 e. The highest BCUT2D eigenvalue weighted by atomic mass is 19.2. The van der Waals surface area contributed by atoms with Gasteiger partial charge in [0.05, 0.1) is 0 Å². The third kappa shape index (κ3) is 2.38. The second kappa shape index (κ2) is 4.82. The maximum Gasteiger partial charge on any atom is 0.194 e. The van der Waals surface area contributed by atoms with Crippen LogP contribution >= 0.6 is 0 Å². The average molecular weight is 251 g/mol. The number of rotatable bonds is 2. The Morgan fingerprint density at radius 3 is 1.83 bits per heavy atom. The van der Waals surface area contributed by atoms with E-state index < -0.39 is 17.5 Å². The summed E-state index contributed by atoms with van der Waals surface area (Å²) in [6, 6.07) is 8.78. The number of hydrogen-bond donors (Lipinski definition) is 1. The Bertz CT molecular complexity index is 539. The van der Waals surface area contributed by atoms with Crippen molar-refractivity contribution in [2.24, 2.45) is 5.73 Å². The first kappa shape index (κ1) is 12.6. The van der Waals surface area contributed by atoms with Crippen molar-refractivity contribution >= 4 is 0 Å². The highest BCUT2D eigenvalue weighted by Crippen LogP contribution is 2.24. The molecule has 2 aromatic carbocycles. The molecule has 1 nitrogen and oxygen atoms in total. The summed E-state index contributed by atoms with van der Waals surface area (Å²) in [5.74, 6) is -3.84. The smallest absolute Gasteiger partial charge is 0.194 e. The molecular formula is C14H12F3N. The van der Waals surface area contributed by atoms with Crippen molar-refractivity contribution in [2.45, 2.75) is 13.0 Å². The normalized spacial score (nSPS) is 12.5. The van der Waals surface area contributed by atoms with Crippen LogP contribution in [0.2, 0.25) is 0 Å². The summed E-state index contributed by atoms with van der Waals surface area (Å²) < 4.78 is 39.0. The Morgan fingerprint density at radius 2 is 1.39 bits per heavy atom. The highest BCUT2D eigenvalue weighted by molar-refractivity contribution is 5.64. The molecule has 2 rings (SSSR count). The summed E-state index contributed by atoms with van der Waals surface area (Å²) in [6.07, 6.45) is 0. The molecule has 0 amide bonds. The Balaban J connectivity index is 2.43. The van der Waals surface area contributed by atoms with Crippen LogP contribution in [-0.2, 0) is 0 Å². The van der Waals surface area contributed by atoms with Crippen molar-refractivity contribution < 1.29 is 13.2 Å². The van der Waals surface area contributed by atoms with Crippen LogP contribution in [0.5, 0.6) is 0 Å².